The van der Waals surface area contributed by atoms with Crippen molar-refractivity contribution in [2.45, 2.75) is 236 Å². The molecule has 0 aromatic heterocycles. The molecule has 0 bridgehead atoms. The zero-order valence-corrected chi connectivity index (χ0v) is 62.0. The van der Waals surface area contributed by atoms with E-state index in [1.807, 2.05) is 20.8 Å². The Morgan fingerprint density at radius 2 is 1.30 bits per heavy atom. The third-order valence-corrected chi connectivity index (χ3v) is 22.1. The lowest BCUT2D eigenvalue weighted by Gasteiger charge is -2.45. The molecule has 30 heteroatoms. The van der Waals surface area contributed by atoms with Gasteiger partial charge >= 0.3 is 12.1 Å². The maximum absolute atomic E-state index is 15.6. The molecule has 1 aromatic rings. The highest BCUT2D eigenvalue weighted by Crippen LogP contribution is 2.39. The van der Waals surface area contributed by atoms with Crippen molar-refractivity contribution >= 4 is 88.5 Å². The van der Waals surface area contributed by atoms with Gasteiger partial charge in [0.05, 0.1) is 30.0 Å². The number of carbonyl (C=O) groups is 13. The predicted octanol–water partition coefficient (Wildman–Crippen LogP) is 4.95. The highest BCUT2D eigenvalue weighted by Gasteiger charge is 2.52. The van der Waals surface area contributed by atoms with Crippen molar-refractivity contribution in [3.63, 3.8) is 0 Å². The van der Waals surface area contributed by atoms with Crippen molar-refractivity contribution < 1.29 is 80.6 Å². The van der Waals surface area contributed by atoms with E-state index < -0.39 is 185 Å². The number of benzene rings is 1. The predicted molar refractivity (Wildman–Crippen MR) is 368 cm³/mol. The second-order valence-corrected chi connectivity index (χ2v) is 29.9. The van der Waals surface area contributed by atoms with E-state index in [0.29, 0.717) is 44.9 Å². The van der Waals surface area contributed by atoms with Crippen LogP contribution in [0.25, 0.3) is 0 Å². The lowest BCUT2D eigenvalue weighted by molar-refractivity contribution is -0.160. The minimum atomic E-state index is -4.82. The number of rotatable bonds is 13. The van der Waals surface area contributed by atoms with Crippen LogP contribution < -0.4 is 16.0 Å². The van der Waals surface area contributed by atoms with Gasteiger partial charge in [0, 0.05) is 70.0 Å². The van der Waals surface area contributed by atoms with Gasteiger partial charge in [-0.05, 0) is 106 Å². The van der Waals surface area contributed by atoms with Crippen LogP contribution in [0, 0.1) is 23.7 Å². The van der Waals surface area contributed by atoms with Crippen LogP contribution in [0.2, 0.25) is 5.02 Å². The molecule has 2 aliphatic heterocycles. The third-order valence-electron chi connectivity index (χ3n) is 21.8. The van der Waals surface area contributed by atoms with Crippen LogP contribution in [0.15, 0.2) is 18.2 Å². The highest BCUT2D eigenvalue weighted by atomic mass is 35.5. The summed E-state index contributed by atoms with van der Waals surface area (Å²) in [7, 11) is 12.3. The first-order chi connectivity index (χ1) is 47.3. The number of carbonyl (C=O) groups excluding carboxylic acids is 12. The van der Waals surface area contributed by atoms with Gasteiger partial charge in [-0.15, -0.1) is 0 Å². The molecule has 4 N–H and O–H groups in total. The number of nitrogens with one attached hydrogen (secondary N) is 3. The lowest BCUT2D eigenvalue weighted by atomic mass is 9.84. The van der Waals surface area contributed by atoms with Gasteiger partial charge in [0.1, 0.15) is 59.9 Å². The summed E-state index contributed by atoms with van der Waals surface area (Å²) in [6.07, 6.45) is 0.955. The zero-order chi connectivity index (χ0) is 75.4. The topological polar surface area (TPSA) is 307 Å². The molecular formula is C71H108ClF3N12O14. The number of fused-ring (bicyclic) bond motifs is 1. The van der Waals surface area contributed by atoms with Gasteiger partial charge in [-0.25, -0.2) is 0 Å². The number of halogens is 4. The molecule has 5 fully saturated rings. The first kappa shape index (κ1) is 82.4. The molecule has 10 atom stereocenters. The van der Waals surface area contributed by atoms with E-state index in [1.165, 1.54) is 92.7 Å². The number of carboxylic acid groups (broad SMARTS) is 1. The van der Waals surface area contributed by atoms with Crippen LogP contribution in [-0.4, -0.2) is 262 Å². The molecule has 2 heterocycles. The number of aryl methyl sites for hydroxylation is 1. The molecule has 3 saturated carbocycles. The average Bonchev–Trinajstić information content (AvgIpc) is 1.77. The number of amides is 12. The maximum atomic E-state index is 15.6. The fourth-order valence-electron chi connectivity index (χ4n) is 15.0. The summed E-state index contributed by atoms with van der Waals surface area (Å²) in [5.74, 6) is -12.0. The molecule has 2 saturated heterocycles. The second kappa shape index (κ2) is 35.5. The van der Waals surface area contributed by atoms with Crippen molar-refractivity contribution in [2.75, 3.05) is 76.5 Å². The van der Waals surface area contributed by atoms with E-state index in [4.69, 9.17) is 11.6 Å². The molecule has 6 rings (SSSR count). The molecule has 0 radical (unpaired) electrons. The molecule has 101 heavy (non-hydrogen) atoms. The normalized spacial score (nSPS) is 27.0. The van der Waals surface area contributed by atoms with E-state index in [1.54, 1.807) is 6.92 Å². The van der Waals surface area contributed by atoms with Crippen LogP contribution in [0.1, 0.15) is 174 Å². The van der Waals surface area contributed by atoms with Gasteiger partial charge in [0.25, 0.3) is 0 Å². The summed E-state index contributed by atoms with van der Waals surface area (Å²) >= 11 is 6.12. The SMILES string of the molecule is CC[C@H](C)[C@@H]1NC(=O)[C@H](CC(C)C)N(C)C(=O)C[C@@H](C(=O)N(C)C)N(C)C(=O)[C@H](C2CCCC2)N(C)C(=O)C2(CCCC2)NC(=O)[C@H](CC(=O)O)N(C)C(=O)[C@H](CCc2ccc(C(F)(F)F)c(Cl)c2)NC(=O)CN(C)C(=O)[C@H](CC2CCCCC2)N(C)C(=O)[C@@H]2CCN2C(=O)[C@H](C)N(C)C1=O. The van der Waals surface area contributed by atoms with E-state index in [0.717, 1.165) is 72.1 Å². The minimum absolute atomic E-state index is 0.00133. The molecule has 12 amide bonds. The van der Waals surface area contributed by atoms with Crippen molar-refractivity contribution in [3.05, 3.63) is 34.3 Å². The maximum Gasteiger partial charge on any atom is 0.417 e. The van der Waals surface area contributed by atoms with E-state index in [2.05, 4.69) is 16.0 Å². The van der Waals surface area contributed by atoms with E-state index in [-0.39, 0.29) is 68.9 Å². The number of nitrogens with zero attached hydrogens (tertiary/aromatic N) is 9. The largest absolute Gasteiger partial charge is 0.481 e. The van der Waals surface area contributed by atoms with Gasteiger partial charge in [-0.3, -0.25) is 62.3 Å². The average molecular weight is 1450 g/mol. The molecule has 26 nitrogen and oxygen atoms in total. The van der Waals surface area contributed by atoms with Crippen LogP contribution in [-0.2, 0) is 74.9 Å². The molecule has 1 spiro atoms. The van der Waals surface area contributed by atoms with E-state index >= 15 is 19.2 Å². The fraction of sp³-hybridized carbons (Fsp3) is 0.732. The van der Waals surface area contributed by atoms with Crippen molar-refractivity contribution in [2.24, 2.45) is 23.7 Å². The molecule has 3 aliphatic carbocycles. The number of carboxylic acids is 1. The zero-order valence-electron chi connectivity index (χ0n) is 61.3. The Labute approximate surface area is 596 Å². The first-order valence-corrected chi connectivity index (χ1v) is 36.0. The van der Waals surface area contributed by atoms with Crippen molar-refractivity contribution in [3.8, 4) is 0 Å². The summed E-state index contributed by atoms with van der Waals surface area (Å²) in [4.78, 5) is 202. The summed E-state index contributed by atoms with van der Waals surface area (Å²) < 4.78 is 41.6. The molecule has 1 aromatic carbocycles. The van der Waals surface area contributed by atoms with E-state index in [9.17, 15) is 61.4 Å². The standard InChI is InChI=1S/C71H108ClF3N12O14/c1-15-42(4)58-67(99)81(9)43(5)62(94)87-34-31-50(87)66(98)84(12)53(37-44-23-17-16-18-24-44)65(97)80(8)40-55(88)76-49(30-28-45-27-29-47(48(72)36-45)71(73,74)75)63(95)83(11)52(39-57(90)91)61(93)78-70(32-21-22-33-70)69(101)86(14)59(46-25-19-20-26-46)68(100)85(13)54(64(96)79(6)7)38-56(89)82(10)51(35-41(2)3)60(92)77-58/h27,29,36,41-44,46,49-54,58-59H,15-26,28,30-35,37-40H2,1-14H3,(H,76,88)(H,77,92)(H,78,93)(H,90,91)/t42-,43-,49-,50-,51-,52-,53-,54-,58-,59-/m0/s1. The van der Waals surface area contributed by atoms with Crippen LogP contribution in [0.4, 0.5) is 13.2 Å². The molecular weight excluding hydrogens is 1340 g/mol. The van der Waals surface area contributed by atoms with Gasteiger partial charge in [0.2, 0.25) is 70.9 Å². The number of likely N-dealkylation sites (N-methyl/N-ethyl adjacent to an activating group) is 8. The number of alkyl halides is 3. The number of hydrogen-bond acceptors (Lipinski definition) is 13. The Bertz CT molecular complexity index is 3210. The number of hydrogen-bond donors (Lipinski definition) is 4. The highest BCUT2D eigenvalue weighted by molar-refractivity contribution is 6.31. The lowest BCUT2D eigenvalue weighted by Crippen LogP contribution is -2.65. The first-order valence-electron chi connectivity index (χ1n) is 35.6. The minimum Gasteiger partial charge on any atom is -0.481 e. The van der Waals surface area contributed by atoms with Crippen molar-refractivity contribution in [1.29, 1.82) is 0 Å². The Balaban J connectivity index is 1.47. The van der Waals surface area contributed by atoms with Gasteiger partial charge < -0.3 is 65.2 Å². The summed E-state index contributed by atoms with van der Waals surface area (Å²) in [5, 5.41) is 18.1. The number of aliphatic carboxylic acids is 1. The monoisotopic (exact) mass is 1440 g/mol. The van der Waals surface area contributed by atoms with Crippen LogP contribution >= 0.6 is 11.6 Å². The van der Waals surface area contributed by atoms with Crippen LogP contribution in [0.5, 0.6) is 0 Å². The van der Waals surface area contributed by atoms with Gasteiger partial charge in [0.15, 0.2) is 0 Å². The molecule has 564 valence electrons. The molecule has 0 unspecified atom stereocenters. The Morgan fingerprint density at radius 3 is 1.84 bits per heavy atom. The molecule has 5 aliphatic rings. The van der Waals surface area contributed by atoms with Crippen molar-refractivity contribution in [1.82, 2.24) is 60.0 Å². The summed E-state index contributed by atoms with van der Waals surface area (Å²) in [6.45, 7) is 8.12. The summed E-state index contributed by atoms with van der Waals surface area (Å²) in [6, 6.07) is -9.37. The van der Waals surface area contributed by atoms with Crippen LogP contribution in [0.3, 0.4) is 0 Å². The Hall–Kier alpha value is -7.59. The Morgan fingerprint density at radius 1 is 0.693 bits per heavy atom. The smallest absolute Gasteiger partial charge is 0.417 e. The van der Waals surface area contributed by atoms with Gasteiger partial charge in [-0.2, -0.15) is 13.2 Å². The second-order valence-electron chi connectivity index (χ2n) is 29.5. The Kier molecular flexibility index (Phi) is 29.0. The van der Waals surface area contributed by atoms with Gasteiger partial charge in [-0.1, -0.05) is 110 Å². The fourth-order valence-corrected chi connectivity index (χ4v) is 15.3. The quantitative estimate of drug-likeness (QED) is 0.203. The third kappa shape index (κ3) is 20.0. The summed E-state index contributed by atoms with van der Waals surface area (Å²) in [5.41, 5.74) is -2.74.